The van der Waals surface area contributed by atoms with E-state index < -0.39 is 27.8 Å². The SMILES string of the molecule is C=CS(=O)(=O)Nc1ccc2c(c1)C(=O)c1nc(C(F)(F)F)ncc1-2. The number of nitrogens with one attached hydrogen (secondary N) is 1. The van der Waals surface area contributed by atoms with Crippen LogP contribution in [-0.2, 0) is 16.2 Å². The summed E-state index contributed by atoms with van der Waals surface area (Å²) in [7, 11) is -3.78. The van der Waals surface area contributed by atoms with Gasteiger partial charge in [0.1, 0.15) is 5.69 Å². The average Bonchev–Trinajstić information content (AvgIpc) is 2.79. The zero-order valence-corrected chi connectivity index (χ0v) is 12.6. The van der Waals surface area contributed by atoms with E-state index in [2.05, 4.69) is 21.3 Å². The summed E-state index contributed by atoms with van der Waals surface area (Å²) in [6.07, 6.45) is -3.84. The van der Waals surface area contributed by atoms with Gasteiger partial charge in [0.25, 0.3) is 10.0 Å². The highest BCUT2D eigenvalue weighted by Gasteiger charge is 2.38. The summed E-state index contributed by atoms with van der Waals surface area (Å²) >= 11 is 0. The molecular formula is C14H8F3N3O3S. The molecule has 0 saturated heterocycles. The van der Waals surface area contributed by atoms with Gasteiger partial charge in [-0.05, 0) is 17.7 Å². The summed E-state index contributed by atoms with van der Waals surface area (Å²) in [5, 5.41) is 0.692. The summed E-state index contributed by atoms with van der Waals surface area (Å²) in [6, 6.07) is 4.02. The number of anilines is 1. The maximum absolute atomic E-state index is 12.7. The molecule has 0 amide bonds. The van der Waals surface area contributed by atoms with Crippen molar-refractivity contribution in [3.05, 3.63) is 53.5 Å². The minimum atomic E-state index is -4.77. The molecule has 1 aromatic heterocycles. The van der Waals surface area contributed by atoms with E-state index in [1.165, 1.54) is 18.2 Å². The van der Waals surface area contributed by atoms with E-state index in [1.54, 1.807) is 0 Å². The summed E-state index contributed by atoms with van der Waals surface area (Å²) in [6.45, 7) is 3.14. The number of alkyl halides is 3. The number of aromatic nitrogens is 2. The van der Waals surface area contributed by atoms with E-state index in [1.807, 2.05) is 0 Å². The number of carbonyl (C=O) groups is 1. The van der Waals surface area contributed by atoms with Crippen molar-refractivity contribution in [1.29, 1.82) is 0 Å². The predicted octanol–water partition coefficient (Wildman–Crippen LogP) is 2.59. The monoisotopic (exact) mass is 355 g/mol. The molecule has 3 rings (SSSR count). The first-order chi connectivity index (χ1) is 11.1. The fourth-order valence-electron chi connectivity index (χ4n) is 2.25. The molecule has 2 aromatic rings. The van der Waals surface area contributed by atoms with Gasteiger partial charge in [0.05, 0.1) is 0 Å². The quantitative estimate of drug-likeness (QED) is 0.780. The van der Waals surface area contributed by atoms with Crippen LogP contribution in [-0.4, -0.2) is 24.2 Å². The van der Waals surface area contributed by atoms with E-state index in [0.29, 0.717) is 11.0 Å². The van der Waals surface area contributed by atoms with Crippen molar-refractivity contribution < 1.29 is 26.4 Å². The van der Waals surface area contributed by atoms with Crippen molar-refractivity contribution in [2.24, 2.45) is 0 Å². The van der Waals surface area contributed by atoms with Gasteiger partial charge >= 0.3 is 6.18 Å². The highest BCUT2D eigenvalue weighted by molar-refractivity contribution is 7.95. The molecule has 10 heteroatoms. The third-order valence-corrected chi connectivity index (χ3v) is 4.25. The van der Waals surface area contributed by atoms with Gasteiger partial charge in [-0.2, -0.15) is 13.2 Å². The van der Waals surface area contributed by atoms with Gasteiger partial charge in [-0.15, -0.1) is 0 Å². The Bertz CT molecular complexity index is 984. The van der Waals surface area contributed by atoms with Gasteiger partial charge < -0.3 is 0 Å². The van der Waals surface area contributed by atoms with Crippen LogP contribution in [0, 0.1) is 0 Å². The smallest absolute Gasteiger partial charge is 0.287 e. The van der Waals surface area contributed by atoms with Gasteiger partial charge in [-0.3, -0.25) is 9.52 Å². The Kier molecular flexibility index (Phi) is 3.44. The maximum Gasteiger partial charge on any atom is 0.451 e. The summed E-state index contributed by atoms with van der Waals surface area (Å²) in [5.41, 5.74) is 0.268. The zero-order valence-electron chi connectivity index (χ0n) is 11.8. The molecule has 1 N–H and O–H groups in total. The maximum atomic E-state index is 12.7. The van der Waals surface area contributed by atoms with Crippen molar-refractivity contribution in [2.75, 3.05) is 4.72 Å². The lowest BCUT2D eigenvalue weighted by Gasteiger charge is -2.06. The topological polar surface area (TPSA) is 89.0 Å². The molecule has 1 aliphatic rings. The van der Waals surface area contributed by atoms with Gasteiger partial charge in [-0.25, -0.2) is 18.4 Å². The first-order valence-corrected chi connectivity index (χ1v) is 7.95. The average molecular weight is 355 g/mol. The summed E-state index contributed by atoms with van der Waals surface area (Å²) in [4.78, 5) is 18.8. The van der Waals surface area contributed by atoms with Gasteiger partial charge in [0.2, 0.25) is 11.6 Å². The Morgan fingerprint density at radius 2 is 1.88 bits per heavy atom. The number of rotatable bonds is 3. The summed E-state index contributed by atoms with van der Waals surface area (Å²) in [5.74, 6) is -2.14. The Morgan fingerprint density at radius 1 is 1.17 bits per heavy atom. The molecule has 0 unspecified atom stereocenters. The Balaban J connectivity index is 2.07. The fourth-order valence-corrected chi connectivity index (χ4v) is 2.79. The molecule has 0 saturated carbocycles. The second kappa shape index (κ2) is 5.13. The molecule has 1 aromatic carbocycles. The van der Waals surface area contributed by atoms with E-state index in [9.17, 15) is 26.4 Å². The van der Waals surface area contributed by atoms with Gasteiger partial charge in [0.15, 0.2) is 0 Å². The lowest BCUT2D eigenvalue weighted by Crippen LogP contribution is -2.13. The Labute approximate surface area is 134 Å². The number of hydrogen-bond acceptors (Lipinski definition) is 5. The first kappa shape index (κ1) is 16.1. The Hall–Kier alpha value is -2.75. The molecule has 1 heterocycles. The molecule has 6 nitrogen and oxygen atoms in total. The van der Waals surface area contributed by atoms with Crippen LogP contribution >= 0.6 is 0 Å². The van der Waals surface area contributed by atoms with Crippen molar-refractivity contribution in [3.63, 3.8) is 0 Å². The van der Waals surface area contributed by atoms with Crippen LogP contribution in [0.25, 0.3) is 11.1 Å². The third kappa shape index (κ3) is 2.64. The third-order valence-electron chi connectivity index (χ3n) is 3.29. The number of benzene rings is 1. The largest absolute Gasteiger partial charge is 0.451 e. The first-order valence-electron chi connectivity index (χ1n) is 6.41. The Morgan fingerprint density at radius 3 is 2.50 bits per heavy atom. The van der Waals surface area contributed by atoms with Gasteiger partial charge in [0, 0.05) is 28.4 Å². The normalized spacial score (nSPS) is 13.4. The molecule has 0 aliphatic heterocycles. The van der Waals surface area contributed by atoms with Crippen LogP contribution in [0.15, 0.2) is 36.4 Å². The number of fused-ring (bicyclic) bond motifs is 3. The molecule has 0 radical (unpaired) electrons. The second-order valence-electron chi connectivity index (χ2n) is 4.86. The van der Waals surface area contributed by atoms with E-state index in [0.717, 1.165) is 6.20 Å². The van der Waals surface area contributed by atoms with E-state index in [4.69, 9.17) is 0 Å². The van der Waals surface area contributed by atoms with Crippen LogP contribution in [0.2, 0.25) is 0 Å². The minimum absolute atomic E-state index is 0.0443. The lowest BCUT2D eigenvalue weighted by molar-refractivity contribution is -0.145. The van der Waals surface area contributed by atoms with Crippen molar-refractivity contribution in [3.8, 4) is 11.1 Å². The zero-order chi connectivity index (χ0) is 17.7. The molecule has 0 bridgehead atoms. The molecule has 24 heavy (non-hydrogen) atoms. The van der Waals surface area contributed by atoms with Crippen LogP contribution in [0.4, 0.5) is 18.9 Å². The second-order valence-corrected chi connectivity index (χ2v) is 6.48. The number of carbonyl (C=O) groups excluding carboxylic acids is 1. The van der Waals surface area contributed by atoms with Crippen LogP contribution < -0.4 is 4.72 Å². The standard InChI is InChI=1S/C14H8F3N3O3S/c1-2-24(22,23)20-7-3-4-8-9(5-7)12(21)11-10(8)6-18-13(19-11)14(15,16)17/h2-6,20H,1H2. The van der Waals surface area contributed by atoms with Crippen LogP contribution in [0.3, 0.4) is 0 Å². The summed E-state index contributed by atoms with van der Waals surface area (Å²) < 4.78 is 63.1. The lowest BCUT2D eigenvalue weighted by atomic mass is 10.1. The van der Waals surface area contributed by atoms with Gasteiger partial charge in [-0.1, -0.05) is 12.6 Å². The van der Waals surface area contributed by atoms with E-state index >= 15 is 0 Å². The number of sulfonamides is 1. The number of ketones is 1. The molecular weight excluding hydrogens is 347 g/mol. The predicted molar refractivity (Wildman–Crippen MR) is 78.6 cm³/mol. The van der Waals surface area contributed by atoms with Crippen LogP contribution in [0.1, 0.15) is 21.9 Å². The number of nitrogens with zero attached hydrogens (tertiary/aromatic N) is 2. The van der Waals surface area contributed by atoms with Crippen molar-refractivity contribution >= 4 is 21.5 Å². The van der Waals surface area contributed by atoms with Crippen molar-refractivity contribution in [1.82, 2.24) is 9.97 Å². The number of hydrogen-bond donors (Lipinski definition) is 1. The molecule has 124 valence electrons. The highest BCUT2D eigenvalue weighted by Crippen LogP contribution is 2.38. The number of halogens is 3. The molecule has 1 aliphatic carbocycles. The minimum Gasteiger partial charge on any atom is -0.287 e. The molecule has 0 spiro atoms. The van der Waals surface area contributed by atoms with Crippen molar-refractivity contribution in [2.45, 2.75) is 6.18 Å². The highest BCUT2D eigenvalue weighted by atomic mass is 32.2. The molecule has 0 fully saturated rings. The van der Waals surface area contributed by atoms with E-state index in [-0.39, 0.29) is 22.5 Å². The molecule has 0 atom stereocenters. The van der Waals surface area contributed by atoms with Crippen LogP contribution in [0.5, 0.6) is 0 Å². The fraction of sp³-hybridized carbons (Fsp3) is 0.0714.